The maximum absolute atomic E-state index is 10.9. The maximum Gasteiger partial charge on any atom is 0.178 e. The van der Waals surface area contributed by atoms with Gasteiger partial charge in [-0.3, -0.25) is 9.78 Å². The number of rotatable bonds is 1. The molecule has 58 valence electrons. The minimum Gasteiger partial charge on any atom is -0.293 e. The summed E-state index contributed by atoms with van der Waals surface area (Å²) in [5.74, 6) is 0.0248. The number of hydrogen-bond acceptors (Lipinski definition) is 2. The second kappa shape index (κ2) is 2.82. The zero-order valence-corrected chi connectivity index (χ0v) is 7.01. The molecule has 0 saturated heterocycles. The molecule has 0 aromatic carbocycles. The molecule has 1 aromatic rings. The summed E-state index contributed by atoms with van der Waals surface area (Å²) < 4.78 is 0. The average molecular weight is 149 g/mol. The van der Waals surface area contributed by atoms with E-state index in [0.717, 1.165) is 11.3 Å². The van der Waals surface area contributed by atoms with Crippen molar-refractivity contribution in [3.8, 4) is 0 Å². The van der Waals surface area contributed by atoms with E-state index in [0.29, 0.717) is 5.69 Å². The van der Waals surface area contributed by atoms with Crippen LogP contribution in [0.4, 0.5) is 0 Å². The molecule has 0 unspecified atom stereocenters. The van der Waals surface area contributed by atoms with E-state index in [9.17, 15) is 4.79 Å². The molecule has 0 aliphatic carbocycles. The summed E-state index contributed by atoms with van der Waals surface area (Å²) in [5.41, 5.74) is 2.54. The summed E-state index contributed by atoms with van der Waals surface area (Å²) in [6, 6.07) is 3.75. The molecule has 1 rings (SSSR count). The van der Waals surface area contributed by atoms with Gasteiger partial charge in [-0.15, -0.1) is 0 Å². The number of pyridine rings is 1. The van der Waals surface area contributed by atoms with Crippen LogP contribution in [0, 0.1) is 13.8 Å². The lowest BCUT2D eigenvalue weighted by atomic mass is 10.2. The first-order valence-electron chi connectivity index (χ1n) is 3.56. The van der Waals surface area contributed by atoms with Crippen molar-refractivity contribution in [3.05, 3.63) is 29.1 Å². The maximum atomic E-state index is 10.9. The van der Waals surface area contributed by atoms with Gasteiger partial charge in [0.1, 0.15) is 5.69 Å². The van der Waals surface area contributed by atoms with Crippen molar-refractivity contribution in [1.82, 2.24) is 4.98 Å². The Morgan fingerprint density at radius 2 is 2.00 bits per heavy atom. The molecule has 1 heterocycles. The fourth-order valence-electron chi connectivity index (χ4n) is 1.02. The summed E-state index contributed by atoms with van der Waals surface area (Å²) in [6.45, 7) is 5.38. The molecule has 0 spiro atoms. The molecule has 0 amide bonds. The van der Waals surface area contributed by atoms with E-state index in [1.807, 2.05) is 19.9 Å². The van der Waals surface area contributed by atoms with Gasteiger partial charge in [-0.1, -0.05) is 0 Å². The Bertz CT molecular complexity index is 271. The van der Waals surface area contributed by atoms with Crippen molar-refractivity contribution in [2.75, 3.05) is 0 Å². The van der Waals surface area contributed by atoms with Gasteiger partial charge in [-0.2, -0.15) is 0 Å². The van der Waals surface area contributed by atoms with Gasteiger partial charge in [0.25, 0.3) is 0 Å². The van der Waals surface area contributed by atoms with Gasteiger partial charge in [0.2, 0.25) is 0 Å². The number of ketones is 1. The standard InChI is InChI=1S/C9H11NO/c1-6-4-7(2)10-9(5-6)8(3)11/h4-5H,1-3H3. The van der Waals surface area contributed by atoms with Gasteiger partial charge in [0.05, 0.1) is 0 Å². The van der Waals surface area contributed by atoms with Crippen LogP contribution in [0.3, 0.4) is 0 Å². The van der Waals surface area contributed by atoms with Gasteiger partial charge < -0.3 is 0 Å². The zero-order chi connectivity index (χ0) is 8.43. The van der Waals surface area contributed by atoms with Crippen LogP contribution in [0.2, 0.25) is 0 Å². The summed E-state index contributed by atoms with van der Waals surface area (Å²) in [7, 11) is 0. The second-order valence-electron chi connectivity index (χ2n) is 2.73. The van der Waals surface area contributed by atoms with Crippen molar-refractivity contribution in [3.63, 3.8) is 0 Å². The van der Waals surface area contributed by atoms with Crippen LogP contribution in [-0.2, 0) is 0 Å². The lowest BCUT2D eigenvalue weighted by molar-refractivity contribution is 0.101. The van der Waals surface area contributed by atoms with Crippen LogP contribution in [-0.4, -0.2) is 10.8 Å². The number of Topliss-reactive ketones (excluding diaryl/α,β-unsaturated/α-hetero) is 1. The summed E-state index contributed by atoms with van der Waals surface area (Å²) in [6.07, 6.45) is 0. The molecule has 0 N–H and O–H groups in total. The van der Waals surface area contributed by atoms with E-state index >= 15 is 0 Å². The Kier molecular flexibility index (Phi) is 2.03. The highest BCUT2D eigenvalue weighted by molar-refractivity contribution is 5.92. The van der Waals surface area contributed by atoms with Crippen LogP contribution < -0.4 is 0 Å². The van der Waals surface area contributed by atoms with Gasteiger partial charge in [-0.25, -0.2) is 0 Å². The van der Waals surface area contributed by atoms with Crippen LogP contribution in [0.1, 0.15) is 28.7 Å². The fraction of sp³-hybridized carbons (Fsp3) is 0.333. The molecule has 0 atom stereocenters. The van der Waals surface area contributed by atoms with Gasteiger partial charge in [0.15, 0.2) is 5.78 Å². The van der Waals surface area contributed by atoms with Crippen molar-refractivity contribution in [1.29, 1.82) is 0 Å². The van der Waals surface area contributed by atoms with E-state index in [-0.39, 0.29) is 5.78 Å². The first-order valence-corrected chi connectivity index (χ1v) is 3.56. The fourth-order valence-corrected chi connectivity index (χ4v) is 1.02. The molecule has 2 heteroatoms. The quantitative estimate of drug-likeness (QED) is 0.571. The van der Waals surface area contributed by atoms with Gasteiger partial charge >= 0.3 is 0 Å². The van der Waals surface area contributed by atoms with Crippen molar-refractivity contribution >= 4 is 5.78 Å². The highest BCUT2D eigenvalue weighted by Gasteiger charge is 2.00. The molecular weight excluding hydrogens is 138 g/mol. The minimum atomic E-state index is 0.0248. The molecule has 0 aliphatic heterocycles. The Morgan fingerprint density at radius 3 is 2.45 bits per heavy atom. The largest absolute Gasteiger partial charge is 0.293 e. The smallest absolute Gasteiger partial charge is 0.178 e. The molecule has 0 saturated carbocycles. The monoisotopic (exact) mass is 149 g/mol. The third-order valence-corrected chi connectivity index (χ3v) is 1.46. The van der Waals surface area contributed by atoms with Crippen LogP contribution in [0.15, 0.2) is 12.1 Å². The molecule has 2 nitrogen and oxygen atoms in total. The van der Waals surface area contributed by atoms with Gasteiger partial charge in [0, 0.05) is 12.6 Å². The SMILES string of the molecule is CC(=O)c1cc(C)cc(C)n1. The van der Waals surface area contributed by atoms with Crippen LogP contribution in [0.25, 0.3) is 0 Å². The van der Waals surface area contributed by atoms with Crippen molar-refractivity contribution in [2.24, 2.45) is 0 Å². The lowest BCUT2D eigenvalue weighted by Crippen LogP contribution is -1.98. The number of nitrogens with zero attached hydrogens (tertiary/aromatic N) is 1. The predicted octanol–water partition coefficient (Wildman–Crippen LogP) is 1.90. The molecule has 11 heavy (non-hydrogen) atoms. The van der Waals surface area contributed by atoms with Crippen LogP contribution in [0.5, 0.6) is 0 Å². The number of aryl methyl sites for hydroxylation is 2. The molecular formula is C9H11NO. The normalized spacial score (nSPS) is 9.73. The summed E-state index contributed by atoms with van der Waals surface area (Å²) in [5, 5.41) is 0. The first-order chi connectivity index (χ1) is 5.09. The lowest BCUT2D eigenvalue weighted by Gasteiger charge is -1.98. The van der Waals surface area contributed by atoms with Gasteiger partial charge in [-0.05, 0) is 31.5 Å². The zero-order valence-electron chi connectivity index (χ0n) is 7.01. The summed E-state index contributed by atoms with van der Waals surface area (Å²) in [4.78, 5) is 15.0. The van der Waals surface area contributed by atoms with Crippen LogP contribution >= 0.6 is 0 Å². The van der Waals surface area contributed by atoms with E-state index in [1.165, 1.54) is 6.92 Å². The van der Waals surface area contributed by atoms with E-state index < -0.39 is 0 Å². The van der Waals surface area contributed by atoms with E-state index in [2.05, 4.69) is 4.98 Å². The topological polar surface area (TPSA) is 30.0 Å². The molecule has 0 fully saturated rings. The molecule has 0 radical (unpaired) electrons. The number of hydrogen-bond donors (Lipinski definition) is 0. The number of carbonyl (C=O) groups is 1. The third-order valence-electron chi connectivity index (χ3n) is 1.46. The minimum absolute atomic E-state index is 0.0248. The van der Waals surface area contributed by atoms with E-state index in [1.54, 1.807) is 6.07 Å². The second-order valence-corrected chi connectivity index (χ2v) is 2.73. The summed E-state index contributed by atoms with van der Waals surface area (Å²) >= 11 is 0. The highest BCUT2D eigenvalue weighted by atomic mass is 16.1. The first kappa shape index (κ1) is 7.92. The number of carbonyl (C=O) groups excluding carboxylic acids is 1. The van der Waals surface area contributed by atoms with Crippen molar-refractivity contribution in [2.45, 2.75) is 20.8 Å². The Labute approximate surface area is 66.3 Å². The van der Waals surface area contributed by atoms with Crippen molar-refractivity contribution < 1.29 is 4.79 Å². The molecule has 1 aromatic heterocycles. The molecule has 0 bridgehead atoms. The Morgan fingerprint density at radius 1 is 1.36 bits per heavy atom. The molecule has 0 aliphatic rings. The average Bonchev–Trinajstić information content (AvgIpc) is 1.85. The predicted molar refractivity (Wildman–Crippen MR) is 43.7 cm³/mol. The Balaban J connectivity index is 3.19. The third kappa shape index (κ3) is 1.87. The Hall–Kier alpha value is -1.18. The highest BCUT2D eigenvalue weighted by Crippen LogP contribution is 2.04. The van der Waals surface area contributed by atoms with E-state index in [4.69, 9.17) is 0 Å². The number of aromatic nitrogens is 1.